The predicted molar refractivity (Wildman–Crippen MR) is 52.1 cm³/mol. The number of nitrogens with two attached hydrogens (primary N) is 1. The van der Waals surface area contributed by atoms with Crippen molar-refractivity contribution in [1.82, 2.24) is 0 Å². The summed E-state index contributed by atoms with van der Waals surface area (Å²) in [6.45, 7) is 0. The normalized spacial score (nSPS) is 11.8. The number of methoxy groups -OCH3 is 3. The van der Waals surface area contributed by atoms with E-state index in [4.69, 9.17) is 5.73 Å². The fourth-order valence-corrected chi connectivity index (χ4v) is 1.07. The molecule has 1 atom stereocenters. The van der Waals surface area contributed by atoms with Gasteiger partial charge >= 0.3 is 17.9 Å². The number of carbonyl (C=O) groups excluding carboxylic acids is 3. The lowest BCUT2D eigenvalue weighted by molar-refractivity contribution is -0.159. The van der Waals surface area contributed by atoms with Crippen LogP contribution in [0, 0.1) is 5.92 Å². The van der Waals surface area contributed by atoms with E-state index in [1.165, 1.54) is 0 Å². The van der Waals surface area contributed by atoms with E-state index in [0.29, 0.717) is 0 Å². The fraction of sp³-hybridized carbons (Fsp3) is 0.667. The molecule has 0 aliphatic carbocycles. The first-order chi connectivity index (χ1) is 7.47. The van der Waals surface area contributed by atoms with Gasteiger partial charge < -0.3 is 19.9 Å². The molecule has 0 saturated heterocycles. The van der Waals surface area contributed by atoms with E-state index in [1.807, 2.05) is 0 Å². The zero-order valence-electron chi connectivity index (χ0n) is 9.39. The SMILES string of the molecule is COC(=O)C(C[C@H](N)C(=O)OC)C(=O)OC. The molecule has 0 aromatic carbocycles. The van der Waals surface area contributed by atoms with Crippen LogP contribution in [0.2, 0.25) is 0 Å². The summed E-state index contributed by atoms with van der Waals surface area (Å²) in [5.41, 5.74) is 5.42. The van der Waals surface area contributed by atoms with E-state index in [1.54, 1.807) is 0 Å². The van der Waals surface area contributed by atoms with Crippen LogP contribution in [0.3, 0.4) is 0 Å². The van der Waals surface area contributed by atoms with Crippen LogP contribution in [0.5, 0.6) is 0 Å². The first kappa shape index (κ1) is 14.4. The Morgan fingerprint density at radius 3 is 1.62 bits per heavy atom. The van der Waals surface area contributed by atoms with Gasteiger partial charge in [-0.05, 0) is 6.42 Å². The lowest BCUT2D eigenvalue weighted by Gasteiger charge is -2.15. The molecule has 0 radical (unpaired) electrons. The number of hydrogen-bond donors (Lipinski definition) is 1. The monoisotopic (exact) mass is 233 g/mol. The van der Waals surface area contributed by atoms with Crippen LogP contribution in [0.4, 0.5) is 0 Å². The molecule has 0 spiro atoms. The molecule has 16 heavy (non-hydrogen) atoms. The van der Waals surface area contributed by atoms with Gasteiger partial charge in [-0.2, -0.15) is 0 Å². The number of esters is 3. The van der Waals surface area contributed by atoms with E-state index in [-0.39, 0.29) is 6.42 Å². The highest BCUT2D eigenvalue weighted by atomic mass is 16.5. The van der Waals surface area contributed by atoms with E-state index < -0.39 is 29.9 Å². The van der Waals surface area contributed by atoms with Crippen molar-refractivity contribution < 1.29 is 28.6 Å². The van der Waals surface area contributed by atoms with Crippen molar-refractivity contribution in [1.29, 1.82) is 0 Å². The molecule has 92 valence electrons. The molecule has 0 heterocycles. The summed E-state index contributed by atoms with van der Waals surface area (Å²) in [5, 5.41) is 0. The van der Waals surface area contributed by atoms with E-state index in [0.717, 1.165) is 21.3 Å². The van der Waals surface area contributed by atoms with Crippen LogP contribution in [-0.2, 0) is 28.6 Å². The molecule has 0 amide bonds. The number of hydrogen-bond acceptors (Lipinski definition) is 7. The summed E-state index contributed by atoms with van der Waals surface area (Å²) in [6.07, 6.45) is -0.216. The average Bonchev–Trinajstić information content (AvgIpc) is 2.32. The first-order valence-corrected chi connectivity index (χ1v) is 4.47. The van der Waals surface area contributed by atoms with Crippen LogP contribution in [0.15, 0.2) is 0 Å². The van der Waals surface area contributed by atoms with E-state index in [9.17, 15) is 14.4 Å². The third-order valence-corrected chi connectivity index (χ3v) is 1.96. The molecule has 0 fully saturated rings. The minimum absolute atomic E-state index is 0.216. The summed E-state index contributed by atoms with van der Waals surface area (Å²) in [4.78, 5) is 33.5. The Balaban J connectivity index is 4.61. The summed E-state index contributed by atoms with van der Waals surface area (Å²) in [7, 11) is 3.41. The summed E-state index contributed by atoms with van der Waals surface area (Å²) >= 11 is 0. The molecule has 0 aromatic rings. The first-order valence-electron chi connectivity index (χ1n) is 4.47. The molecular formula is C9H15NO6. The van der Waals surface area contributed by atoms with Gasteiger partial charge in [0, 0.05) is 0 Å². The standard InChI is InChI=1S/C9H15NO6/c1-14-7(11)5(8(12)15-2)4-6(10)9(13)16-3/h5-6H,4,10H2,1-3H3/t6-/m0/s1. The number of rotatable bonds is 5. The quantitative estimate of drug-likeness (QED) is 0.362. The Labute approximate surface area is 92.8 Å². The summed E-state index contributed by atoms with van der Waals surface area (Å²) in [5.74, 6) is -3.53. The van der Waals surface area contributed by atoms with Crippen LogP contribution in [0.1, 0.15) is 6.42 Å². The third-order valence-electron chi connectivity index (χ3n) is 1.96. The van der Waals surface area contributed by atoms with Gasteiger partial charge in [-0.1, -0.05) is 0 Å². The molecule has 0 aliphatic heterocycles. The third kappa shape index (κ3) is 3.85. The Bertz CT molecular complexity index is 261. The van der Waals surface area contributed by atoms with Crippen LogP contribution in [-0.4, -0.2) is 45.3 Å². The maximum Gasteiger partial charge on any atom is 0.322 e. The van der Waals surface area contributed by atoms with E-state index in [2.05, 4.69) is 14.2 Å². The molecule has 0 aromatic heterocycles. The maximum atomic E-state index is 11.2. The van der Waals surface area contributed by atoms with Gasteiger partial charge in [0.05, 0.1) is 21.3 Å². The molecule has 0 rings (SSSR count). The number of ether oxygens (including phenoxy) is 3. The molecule has 0 bridgehead atoms. The second-order valence-electron chi connectivity index (χ2n) is 2.96. The Morgan fingerprint density at radius 1 is 0.938 bits per heavy atom. The van der Waals surface area contributed by atoms with Gasteiger partial charge in [0.2, 0.25) is 0 Å². The van der Waals surface area contributed by atoms with Crippen LogP contribution < -0.4 is 5.73 Å². The van der Waals surface area contributed by atoms with Crippen molar-refractivity contribution in [2.24, 2.45) is 11.7 Å². The average molecular weight is 233 g/mol. The smallest absolute Gasteiger partial charge is 0.322 e. The Kier molecular flexibility index (Phi) is 6.09. The fourth-order valence-electron chi connectivity index (χ4n) is 1.07. The van der Waals surface area contributed by atoms with Crippen molar-refractivity contribution in [2.45, 2.75) is 12.5 Å². The second-order valence-corrected chi connectivity index (χ2v) is 2.96. The largest absolute Gasteiger partial charge is 0.468 e. The maximum absolute atomic E-state index is 11.2. The highest BCUT2D eigenvalue weighted by Gasteiger charge is 2.32. The van der Waals surface area contributed by atoms with Gasteiger partial charge in [-0.15, -0.1) is 0 Å². The minimum Gasteiger partial charge on any atom is -0.468 e. The lowest BCUT2D eigenvalue weighted by atomic mass is 10.0. The topological polar surface area (TPSA) is 105 Å². The van der Waals surface area contributed by atoms with Gasteiger partial charge in [-0.3, -0.25) is 14.4 Å². The zero-order chi connectivity index (χ0) is 12.7. The second kappa shape index (κ2) is 6.78. The van der Waals surface area contributed by atoms with Gasteiger partial charge in [0.15, 0.2) is 5.92 Å². The Hall–Kier alpha value is -1.63. The van der Waals surface area contributed by atoms with Crippen molar-refractivity contribution in [3.63, 3.8) is 0 Å². The van der Waals surface area contributed by atoms with Gasteiger partial charge in [-0.25, -0.2) is 0 Å². The highest BCUT2D eigenvalue weighted by Crippen LogP contribution is 2.10. The van der Waals surface area contributed by atoms with Crippen molar-refractivity contribution in [2.75, 3.05) is 21.3 Å². The van der Waals surface area contributed by atoms with Crippen LogP contribution in [0.25, 0.3) is 0 Å². The minimum atomic E-state index is -1.22. The van der Waals surface area contributed by atoms with Gasteiger partial charge in [0.1, 0.15) is 6.04 Å². The molecule has 0 saturated carbocycles. The molecule has 0 aliphatic rings. The Morgan fingerprint density at radius 2 is 1.31 bits per heavy atom. The van der Waals surface area contributed by atoms with Crippen molar-refractivity contribution >= 4 is 17.9 Å². The summed E-state index contributed by atoms with van der Waals surface area (Å²) in [6, 6.07) is -1.08. The van der Waals surface area contributed by atoms with Crippen molar-refractivity contribution in [3.05, 3.63) is 0 Å². The number of carbonyl (C=O) groups is 3. The molecule has 0 unspecified atom stereocenters. The summed E-state index contributed by atoms with van der Waals surface area (Å²) < 4.78 is 13.2. The van der Waals surface area contributed by atoms with Crippen molar-refractivity contribution in [3.8, 4) is 0 Å². The van der Waals surface area contributed by atoms with E-state index >= 15 is 0 Å². The molecule has 2 N–H and O–H groups in total. The highest BCUT2D eigenvalue weighted by molar-refractivity contribution is 5.95. The molecule has 7 nitrogen and oxygen atoms in total. The molecular weight excluding hydrogens is 218 g/mol. The van der Waals surface area contributed by atoms with Gasteiger partial charge in [0.25, 0.3) is 0 Å². The lowest BCUT2D eigenvalue weighted by Crippen LogP contribution is -2.38. The molecule has 7 heteroatoms. The predicted octanol–water partition coefficient (Wildman–Crippen LogP) is -1.16. The van der Waals surface area contributed by atoms with Crippen LogP contribution >= 0.6 is 0 Å². The zero-order valence-corrected chi connectivity index (χ0v) is 9.39.